The van der Waals surface area contributed by atoms with Crippen molar-refractivity contribution in [3.63, 3.8) is 0 Å². The second-order valence-electron chi connectivity index (χ2n) is 4.88. The first-order chi connectivity index (χ1) is 9.49. The number of halogens is 2. The number of benzene rings is 1. The largest absolute Gasteiger partial charge is 0.493 e. The van der Waals surface area contributed by atoms with Crippen molar-refractivity contribution in [2.75, 3.05) is 14.2 Å². The Labute approximate surface area is 116 Å². The molecule has 1 saturated carbocycles. The van der Waals surface area contributed by atoms with Crippen molar-refractivity contribution in [3.8, 4) is 5.75 Å². The number of carbonyl (C=O) groups excluding carboxylic acids is 1. The number of hydrogen-bond donors (Lipinski definition) is 0. The van der Waals surface area contributed by atoms with E-state index >= 15 is 0 Å². The van der Waals surface area contributed by atoms with E-state index in [1.54, 1.807) is 0 Å². The van der Waals surface area contributed by atoms with Crippen molar-refractivity contribution in [3.05, 3.63) is 41.5 Å². The Hall–Kier alpha value is -1.91. The molecule has 1 aromatic carbocycles. The van der Waals surface area contributed by atoms with Gasteiger partial charge in [-0.3, -0.25) is 4.79 Å². The fourth-order valence-electron chi connectivity index (χ4n) is 2.76. The third-order valence-electron chi connectivity index (χ3n) is 3.69. The molecule has 5 heteroatoms. The lowest BCUT2D eigenvalue weighted by Gasteiger charge is -2.20. The van der Waals surface area contributed by atoms with Crippen LogP contribution in [0, 0.1) is 17.6 Å². The molecule has 0 radical (unpaired) electrons. The topological polar surface area (TPSA) is 35.5 Å². The van der Waals surface area contributed by atoms with E-state index < -0.39 is 17.6 Å². The third kappa shape index (κ3) is 2.40. The average molecular weight is 282 g/mol. The molecule has 1 aliphatic rings. The maximum Gasteiger partial charge on any atom is 0.309 e. The van der Waals surface area contributed by atoms with Gasteiger partial charge in [-0.05, 0) is 18.9 Å². The van der Waals surface area contributed by atoms with E-state index in [1.165, 1.54) is 20.3 Å². The Balaban J connectivity index is 2.46. The molecule has 1 aromatic rings. The molecule has 0 aromatic heterocycles. The molecule has 0 heterocycles. The van der Waals surface area contributed by atoms with Crippen LogP contribution in [0.15, 0.2) is 24.3 Å². The summed E-state index contributed by atoms with van der Waals surface area (Å²) < 4.78 is 36.8. The first-order valence-corrected chi connectivity index (χ1v) is 6.26. The van der Waals surface area contributed by atoms with Crippen molar-refractivity contribution in [1.29, 1.82) is 0 Å². The van der Waals surface area contributed by atoms with Gasteiger partial charge in [0.15, 0.2) is 11.6 Å². The summed E-state index contributed by atoms with van der Waals surface area (Å²) in [7, 11) is 2.58. The molecule has 1 aliphatic carbocycles. The van der Waals surface area contributed by atoms with Crippen LogP contribution in [0.2, 0.25) is 0 Å². The quantitative estimate of drug-likeness (QED) is 0.631. The Morgan fingerprint density at radius 1 is 1.30 bits per heavy atom. The molecule has 0 aliphatic heterocycles. The molecule has 0 saturated heterocycles. The van der Waals surface area contributed by atoms with Crippen LogP contribution in [0.4, 0.5) is 8.78 Å². The van der Waals surface area contributed by atoms with Crippen LogP contribution in [0.3, 0.4) is 0 Å². The lowest BCUT2D eigenvalue weighted by molar-refractivity contribution is -0.145. The molecule has 2 atom stereocenters. The summed E-state index contributed by atoms with van der Waals surface area (Å²) in [5, 5.41) is 0. The second-order valence-corrected chi connectivity index (χ2v) is 4.88. The van der Waals surface area contributed by atoms with Gasteiger partial charge in [-0.15, -0.1) is 0 Å². The van der Waals surface area contributed by atoms with E-state index in [2.05, 4.69) is 6.58 Å². The molecule has 108 valence electrons. The van der Waals surface area contributed by atoms with Crippen LogP contribution in [-0.4, -0.2) is 20.2 Å². The van der Waals surface area contributed by atoms with Crippen LogP contribution in [0.25, 0.3) is 0 Å². The second kappa shape index (κ2) is 5.61. The maximum atomic E-state index is 13.8. The maximum absolute atomic E-state index is 13.8. The molecule has 0 spiro atoms. The van der Waals surface area contributed by atoms with Gasteiger partial charge in [0.2, 0.25) is 5.82 Å². The minimum absolute atomic E-state index is 0.154. The fraction of sp³-hybridized carbons (Fsp3) is 0.400. The molecule has 2 rings (SSSR count). The highest BCUT2D eigenvalue weighted by Crippen LogP contribution is 2.46. The molecule has 20 heavy (non-hydrogen) atoms. The van der Waals surface area contributed by atoms with E-state index in [0.29, 0.717) is 18.4 Å². The Kier molecular flexibility index (Phi) is 4.06. The summed E-state index contributed by atoms with van der Waals surface area (Å²) in [5.74, 6) is -3.28. The van der Waals surface area contributed by atoms with Gasteiger partial charge < -0.3 is 9.47 Å². The van der Waals surface area contributed by atoms with Gasteiger partial charge in [-0.2, -0.15) is 4.39 Å². The summed E-state index contributed by atoms with van der Waals surface area (Å²) in [6, 6.07) is 2.50. The van der Waals surface area contributed by atoms with Crippen LogP contribution in [0.1, 0.15) is 24.3 Å². The molecule has 0 N–H and O–H groups in total. The number of esters is 1. The summed E-state index contributed by atoms with van der Waals surface area (Å²) in [6.07, 6.45) is 1.01. The number of allylic oxidation sites excluding steroid dienone is 1. The molecule has 3 nitrogen and oxygen atoms in total. The summed E-state index contributed by atoms with van der Waals surface area (Å²) in [6.45, 7) is 3.88. The predicted octanol–water partition coefficient (Wildman–Crippen LogP) is 3.20. The minimum atomic E-state index is -1.04. The Morgan fingerprint density at radius 2 is 2.00 bits per heavy atom. The molecule has 0 unspecified atom stereocenters. The van der Waals surface area contributed by atoms with Crippen molar-refractivity contribution in [1.82, 2.24) is 0 Å². The zero-order chi connectivity index (χ0) is 14.9. The molecule has 1 fully saturated rings. The minimum Gasteiger partial charge on any atom is -0.493 e. The van der Waals surface area contributed by atoms with E-state index in [0.717, 1.165) is 11.6 Å². The molecular formula is C15H16F2O3. The highest BCUT2D eigenvalue weighted by atomic mass is 19.2. The van der Waals surface area contributed by atoms with Crippen molar-refractivity contribution in [2.45, 2.75) is 18.8 Å². The van der Waals surface area contributed by atoms with Crippen LogP contribution >= 0.6 is 0 Å². The van der Waals surface area contributed by atoms with Crippen LogP contribution in [-0.2, 0) is 9.53 Å². The molecular weight excluding hydrogens is 266 g/mol. The lowest BCUT2D eigenvalue weighted by atomic mass is 9.88. The van der Waals surface area contributed by atoms with Gasteiger partial charge in [0, 0.05) is 11.5 Å². The Morgan fingerprint density at radius 3 is 2.60 bits per heavy atom. The van der Waals surface area contributed by atoms with Crippen molar-refractivity contribution < 1.29 is 23.0 Å². The Bertz CT molecular complexity index is 554. The van der Waals surface area contributed by atoms with E-state index in [4.69, 9.17) is 9.47 Å². The molecule has 0 amide bonds. The third-order valence-corrected chi connectivity index (χ3v) is 3.69. The number of rotatable bonds is 3. The number of carbonyl (C=O) groups is 1. The van der Waals surface area contributed by atoms with Crippen LogP contribution < -0.4 is 4.74 Å². The van der Waals surface area contributed by atoms with Crippen molar-refractivity contribution in [2.24, 2.45) is 5.92 Å². The average Bonchev–Trinajstić information content (AvgIpc) is 2.82. The fourth-order valence-corrected chi connectivity index (χ4v) is 2.76. The first-order valence-electron chi connectivity index (χ1n) is 6.26. The van der Waals surface area contributed by atoms with Crippen LogP contribution in [0.5, 0.6) is 5.75 Å². The standard InChI is InChI=1S/C15H16F2O3/c1-8-6-10(11(7-8)15(18)20-3)9-4-5-12(16)13(17)14(9)19-2/h4-5,10-11H,1,6-7H2,2-3H3/t10-,11+/m0/s1. The normalized spacial score (nSPS) is 21.9. The van der Waals surface area contributed by atoms with Gasteiger partial charge in [0.05, 0.1) is 20.1 Å². The molecule has 0 bridgehead atoms. The summed E-state index contributed by atoms with van der Waals surface area (Å²) in [4.78, 5) is 11.8. The van der Waals surface area contributed by atoms with E-state index in [-0.39, 0.29) is 17.6 Å². The number of hydrogen-bond acceptors (Lipinski definition) is 3. The van der Waals surface area contributed by atoms with E-state index in [1.807, 2.05) is 0 Å². The van der Waals surface area contributed by atoms with Gasteiger partial charge >= 0.3 is 5.97 Å². The first kappa shape index (κ1) is 14.5. The SMILES string of the molecule is C=C1C[C@@H](C(=O)OC)[C@H](c2ccc(F)c(F)c2OC)C1. The van der Waals surface area contributed by atoms with Gasteiger partial charge in [0.25, 0.3) is 0 Å². The van der Waals surface area contributed by atoms with Crippen molar-refractivity contribution >= 4 is 5.97 Å². The van der Waals surface area contributed by atoms with Gasteiger partial charge in [-0.25, -0.2) is 4.39 Å². The summed E-state index contributed by atoms with van der Waals surface area (Å²) in [5.41, 5.74) is 1.36. The highest BCUT2D eigenvalue weighted by molar-refractivity contribution is 5.75. The zero-order valence-corrected chi connectivity index (χ0v) is 11.4. The summed E-state index contributed by atoms with van der Waals surface area (Å²) >= 11 is 0. The highest BCUT2D eigenvalue weighted by Gasteiger charge is 2.39. The number of methoxy groups -OCH3 is 2. The lowest BCUT2D eigenvalue weighted by Crippen LogP contribution is -2.19. The monoisotopic (exact) mass is 282 g/mol. The zero-order valence-electron chi connectivity index (χ0n) is 11.4. The number of ether oxygens (including phenoxy) is 2. The van der Waals surface area contributed by atoms with Gasteiger partial charge in [-0.1, -0.05) is 18.2 Å². The predicted molar refractivity (Wildman–Crippen MR) is 69.5 cm³/mol. The van der Waals surface area contributed by atoms with Gasteiger partial charge in [0.1, 0.15) is 0 Å². The van der Waals surface area contributed by atoms with E-state index in [9.17, 15) is 13.6 Å². The smallest absolute Gasteiger partial charge is 0.309 e.